The first-order valence-electron chi connectivity index (χ1n) is 18.3. The van der Waals surface area contributed by atoms with Crippen molar-refractivity contribution in [2.75, 3.05) is 7.11 Å². The van der Waals surface area contributed by atoms with E-state index in [1.54, 1.807) is 46.8 Å². The number of rotatable bonds is 8. The van der Waals surface area contributed by atoms with Gasteiger partial charge in [-0.3, -0.25) is 9.59 Å². The second kappa shape index (κ2) is 10.8. The van der Waals surface area contributed by atoms with Gasteiger partial charge in [0.25, 0.3) is 5.97 Å². The monoisotopic (exact) mass is 740 g/mol. The first-order valence-corrected chi connectivity index (χ1v) is 18.3. The summed E-state index contributed by atoms with van der Waals surface area (Å²) in [6.45, 7) is 13.6. The Hall–Kier alpha value is -3.56. The number of esters is 4. The first kappa shape index (κ1) is 36.4. The fourth-order valence-electron chi connectivity index (χ4n) is 12.3. The van der Waals surface area contributed by atoms with Gasteiger partial charge in [-0.25, -0.2) is 9.59 Å². The van der Waals surface area contributed by atoms with E-state index in [2.05, 4.69) is 0 Å². The van der Waals surface area contributed by atoms with E-state index in [0.29, 0.717) is 12.0 Å². The number of ether oxygens (including phenoxy) is 7. The van der Waals surface area contributed by atoms with Gasteiger partial charge in [-0.15, -0.1) is 0 Å². The average Bonchev–Trinajstić information content (AvgIpc) is 3.90. The number of fused-ring (bicyclic) bond motifs is 4. The maximum absolute atomic E-state index is 13.9. The van der Waals surface area contributed by atoms with E-state index in [1.807, 2.05) is 13.8 Å². The Morgan fingerprint density at radius 1 is 1.11 bits per heavy atom. The third-order valence-corrected chi connectivity index (χ3v) is 14.9. The minimum atomic E-state index is -2.40. The smallest absolute Gasteiger partial charge is 0.333 e. The van der Waals surface area contributed by atoms with Gasteiger partial charge in [-0.05, 0) is 51.2 Å². The van der Waals surface area contributed by atoms with Gasteiger partial charge in [0, 0.05) is 53.7 Å². The van der Waals surface area contributed by atoms with Crippen molar-refractivity contribution in [1.82, 2.24) is 0 Å². The highest BCUT2D eigenvalue weighted by Crippen LogP contribution is 2.88. The lowest BCUT2D eigenvalue weighted by Crippen LogP contribution is -2.93. The number of hydrogen-bond donors (Lipinski definition) is 2. The number of aliphatic hydroxyl groups is 2. The summed E-state index contributed by atoms with van der Waals surface area (Å²) in [6, 6.07) is 1.65. The van der Waals surface area contributed by atoms with Crippen LogP contribution in [0.1, 0.15) is 92.7 Å². The zero-order chi connectivity index (χ0) is 38.5. The van der Waals surface area contributed by atoms with Crippen LogP contribution >= 0.6 is 0 Å². The Morgan fingerprint density at radius 2 is 1.83 bits per heavy atom. The van der Waals surface area contributed by atoms with E-state index >= 15 is 0 Å². The van der Waals surface area contributed by atoms with Crippen molar-refractivity contribution in [3.63, 3.8) is 0 Å². The molecule has 2 unspecified atom stereocenters. The minimum absolute atomic E-state index is 0.130. The van der Waals surface area contributed by atoms with Gasteiger partial charge >= 0.3 is 23.9 Å². The minimum Gasteiger partial charge on any atom is -0.472 e. The lowest BCUT2D eigenvalue weighted by atomic mass is 9.34. The lowest BCUT2D eigenvalue weighted by Gasteiger charge is -2.76. The van der Waals surface area contributed by atoms with Crippen LogP contribution in [0.15, 0.2) is 46.3 Å². The highest BCUT2D eigenvalue weighted by molar-refractivity contribution is 5.88. The van der Waals surface area contributed by atoms with E-state index in [0.717, 1.165) is 0 Å². The van der Waals surface area contributed by atoms with Crippen LogP contribution in [0.2, 0.25) is 0 Å². The van der Waals surface area contributed by atoms with Gasteiger partial charge in [-0.1, -0.05) is 33.8 Å². The molecule has 2 N–H and O–H groups in total. The fourth-order valence-corrected chi connectivity index (χ4v) is 12.3. The van der Waals surface area contributed by atoms with Crippen LogP contribution in [0.3, 0.4) is 0 Å². The molecule has 1 aromatic heterocycles. The number of carbonyl (C=O) groups excluding carboxylic acids is 4. The topological polar surface area (TPSA) is 186 Å². The number of carbonyl (C=O) groups is 4. The molecule has 14 heteroatoms. The summed E-state index contributed by atoms with van der Waals surface area (Å²) in [5.74, 6) is -5.95. The highest BCUT2D eigenvalue weighted by Gasteiger charge is 3.03. The molecule has 3 aliphatic heterocycles. The number of hydrogen-bond acceptors (Lipinski definition) is 14. The van der Waals surface area contributed by atoms with E-state index in [4.69, 9.17) is 37.6 Å². The fraction of sp³-hybridized carbons (Fsp3) is 0.692. The van der Waals surface area contributed by atoms with E-state index < -0.39 is 105 Å². The molecule has 288 valence electrons. The summed E-state index contributed by atoms with van der Waals surface area (Å²) in [7, 11) is 1.26. The van der Waals surface area contributed by atoms with Crippen molar-refractivity contribution in [3.8, 4) is 0 Å². The zero-order valence-electron chi connectivity index (χ0n) is 31.5. The maximum atomic E-state index is 13.9. The summed E-state index contributed by atoms with van der Waals surface area (Å²) in [5.41, 5.74) is -11.5. The molecule has 53 heavy (non-hydrogen) atoms. The summed E-state index contributed by atoms with van der Waals surface area (Å²) in [6.07, 6.45) is 0.561. The predicted octanol–water partition coefficient (Wildman–Crippen LogP) is 3.73. The van der Waals surface area contributed by atoms with Crippen LogP contribution in [0.5, 0.6) is 0 Å². The number of allylic oxidation sites excluding steroid dienone is 1. The summed E-state index contributed by atoms with van der Waals surface area (Å²) >= 11 is 0. The molecule has 0 amide bonds. The molecule has 0 aromatic carbocycles. The van der Waals surface area contributed by atoms with Crippen LogP contribution in [0.4, 0.5) is 0 Å². The SMILES string of the molecule is C/C=C(\C)C(=O)O[C@@H]1[C@]2(O)[C@H]3O[C@@]4(C(C)CC)O[C@@]5(C[C@H](OC(C)=O)[C@]6(C)C(=CC(=O)O[C@H]6c6ccoc6)[C@@]35O4)[C@]3(C)C(CC(=O)OC)[C@]1(C)C[C@]23O. The van der Waals surface area contributed by atoms with Crippen molar-refractivity contribution >= 4 is 23.9 Å². The number of cyclic esters (lactones) is 1. The molecule has 4 bridgehead atoms. The van der Waals surface area contributed by atoms with Crippen LogP contribution in [0.25, 0.3) is 0 Å². The van der Waals surface area contributed by atoms with Gasteiger partial charge in [0.1, 0.15) is 35.6 Å². The first-order chi connectivity index (χ1) is 24.8. The van der Waals surface area contributed by atoms with Crippen molar-refractivity contribution in [2.45, 2.75) is 134 Å². The quantitative estimate of drug-likeness (QED) is 0.223. The third-order valence-electron chi connectivity index (χ3n) is 14.9. The molecule has 4 aliphatic carbocycles. The molecule has 4 saturated carbocycles. The molecule has 1 spiro atoms. The van der Waals surface area contributed by atoms with Crippen LogP contribution in [-0.4, -0.2) is 87.9 Å². The Balaban J connectivity index is 1.48. The van der Waals surface area contributed by atoms with Crippen LogP contribution < -0.4 is 0 Å². The standard InChI is InChI=1S/C39H48O14/c1-10-19(3)29(43)50-30-32(6)18-35(44)34(8,23(32)14-26(41)46-9)36-16-25(48-21(5)40)33(7)24(15-27(42)49-28(33)22-12-13-47-17-22)38(36)31(37(30,35)45)51-39(52-36,53-38)20(4)11-2/h10,12-13,15,17,20,23,25,28,30-31,44-45H,11,14,16,18H2,1-9H3/b19-10+/t20?,23?,25-,28-,30-,31+,32-,33-,34+,35+,36-,37-,38+,39-/m0/s1. The molecule has 14 nitrogen and oxygen atoms in total. The lowest BCUT2D eigenvalue weighted by molar-refractivity contribution is -0.457. The molecule has 2 saturated heterocycles. The van der Waals surface area contributed by atoms with Crippen LogP contribution in [-0.2, 0) is 52.3 Å². The Kier molecular flexibility index (Phi) is 7.43. The normalized spacial score (nSPS) is 49.0. The van der Waals surface area contributed by atoms with Crippen molar-refractivity contribution < 1.29 is 67.0 Å². The predicted molar refractivity (Wildman–Crippen MR) is 179 cm³/mol. The van der Waals surface area contributed by atoms with Gasteiger partial charge in [0.2, 0.25) is 0 Å². The van der Waals surface area contributed by atoms with E-state index in [-0.39, 0.29) is 30.4 Å². The van der Waals surface area contributed by atoms with Crippen molar-refractivity contribution in [2.24, 2.45) is 28.1 Å². The summed E-state index contributed by atoms with van der Waals surface area (Å²) in [4.78, 5) is 54.1. The summed E-state index contributed by atoms with van der Waals surface area (Å²) < 4.78 is 50.7. The molecule has 6 fully saturated rings. The second-order valence-electron chi connectivity index (χ2n) is 16.9. The third kappa shape index (κ3) is 3.73. The largest absolute Gasteiger partial charge is 0.472 e. The van der Waals surface area contributed by atoms with Gasteiger partial charge in [0.05, 0.1) is 25.1 Å². The maximum Gasteiger partial charge on any atom is 0.333 e. The Labute approximate surface area is 307 Å². The Morgan fingerprint density at radius 3 is 2.43 bits per heavy atom. The zero-order valence-corrected chi connectivity index (χ0v) is 31.5. The van der Waals surface area contributed by atoms with Crippen molar-refractivity contribution in [1.29, 1.82) is 0 Å². The molecule has 8 rings (SSSR count). The molecular formula is C39H48O14. The van der Waals surface area contributed by atoms with Crippen LogP contribution in [0, 0.1) is 28.1 Å². The molecule has 0 radical (unpaired) electrons. The molecular weight excluding hydrogens is 692 g/mol. The molecule has 7 aliphatic rings. The van der Waals surface area contributed by atoms with Gasteiger partial charge in [0.15, 0.2) is 11.2 Å². The average molecular weight is 741 g/mol. The van der Waals surface area contributed by atoms with E-state index in [9.17, 15) is 29.4 Å². The second-order valence-corrected chi connectivity index (χ2v) is 16.9. The molecule has 1 aromatic rings. The highest BCUT2D eigenvalue weighted by atomic mass is 17.0. The molecule has 14 atom stereocenters. The number of methoxy groups -OCH3 is 1. The Bertz CT molecular complexity index is 1870. The summed E-state index contributed by atoms with van der Waals surface area (Å²) in [5, 5.41) is 27.2. The van der Waals surface area contributed by atoms with Gasteiger partial charge in [-0.2, -0.15) is 0 Å². The van der Waals surface area contributed by atoms with Gasteiger partial charge < -0.3 is 47.8 Å². The number of furan rings is 1. The molecule has 4 heterocycles. The van der Waals surface area contributed by atoms with Crippen molar-refractivity contribution in [3.05, 3.63) is 47.5 Å². The van der Waals surface area contributed by atoms with E-state index in [1.165, 1.54) is 32.6 Å².